The van der Waals surface area contributed by atoms with Crippen molar-refractivity contribution in [1.82, 2.24) is 4.90 Å². The Morgan fingerprint density at radius 2 is 1.71 bits per heavy atom. The minimum atomic E-state index is -0.389. The van der Waals surface area contributed by atoms with Crippen molar-refractivity contribution in [3.63, 3.8) is 0 Å². The second-order valence-corrected chi connectivity index (χ2v) is 8.89. The highest BCUT2D eigenvalue weighted by Gasteiger charge is 2.30. The van der Waals surface area contributed by atoms with Crippen LogP contribution in [0, 0.1) is 13.8 Å². The Hall–Kier alpha value is -3.19. The van der Waals surface area contributed by atoms with E-state index in [-0.39, 0.29) is 30.7 Å². The number of esters is 1. The molecule has 7 heteroatoms. The summed E-state index contributed by atoms with van der Waals surface area (Å²) in [7, 11) is 0. The average Bonchev–Trinajstić information content (AvgIpc) is 3.65. The van der Waals surface area contributed by atoms with E-state index in [1.54, 1.807) is 24.3 Å². The lowest BCUT2D eigenvalue weighted by Crippen LogP contribution is -2.37. The van der Waals surface area contributed by atoms with Gasteiger partial charge in [-0.2, -0.15) is 0 Å². The Bertz CT molecular complexity index is 996. The molecule has 0 unspecified atom stereocenters. The summed E-state index contributed by atoms with van der Waals surface area (Å²) in [5.41, 5.74) is 3.89. The average molecular weight is 466 g/mol. The second-order valence-electron chi connectivity index (χ2n) is 8.89. The van der Waals surface area contributed by atoms with Gasteiger partial charge in [-0.1, -0.05) is 37.6 Å². The van der Waals surface area contributed by atoms with E-state index in [0.29, 0.717) is 30.4 Å². The molecule has 0 spiro atoms. The van der Waals surface area contributed by atoms with Crippen molar-refractivity contribution in [2.24, 2.45) is 0 Å². The molecule has 0 radical (unpaired) electrons. The number of rotatable bonds is 12. The summed E-state index contributed by atoms with van der Waals surface area (Å²) in [6, 6.07) is 13.0. The molecular formula is C27H35N3O4. The summed E-state index contributed by atoms with van der Waals surface area (Å²) >= 11 is 0. The molecule has 2 aromatic carbocycles. The summed E-state index contributed by atoms with van der Waals surface area (Å²) in [5, 5.41) is 5.88. The predicted molar refractivity (Wildman–Crippen MR) is 134 cm³/mol. The fourth-order valence-electron chi connectivity index (χ4n) is 3.79. The lowest BCUT2D eigenvalue weighted by atomic mass is 10.1. The first kappa shape index (κ1) is 25.4. The number of aryl methyl sites for hydroxylation is 2. The highest BCUT2D eigenvalue weighted by molar-refractivity contribution is 5.95. The lowest BCUT2D eigenvalue weighted by Gasteiger charge is -2.22. The molecule has 2 amide bonds. The quantitative estimate of drug-likeness (QED) is 0.351. The maximum absolute atomic E-state index is 12.7. The Morgan fingerprint density at radius 1 is 1.00 bits per heavy atom. The number of amides is 2. The normalized spacial score (nSPS) is 12.9. The van der Waals surface area contributed by atoms with Crippen LogP contribution >= 0.6 is 0 Å². The van der Waals surface area contributed by atoms with Crippen LogP contribution in [0.2, 0.25) is 0 Å². The van der Waals surface area contributed by atoms with Gasteiger partial charge in [0.2, 0.25) is 11.8 Å². The first-order chi connectivity index (χ1) is 16.4. The smallest absolute Gasteiger partial charge is 0.338 e. The molecule has 3 rings (SSSR count). The van der Waals surface area contributed by atoms with Gasteiger partial charge < -0.3 is 15.4 Å². The summed E-state index contributed by atoms with van der Waals surface area (Å²) in [6.45, 7) is 7.13. The molecule has 0 aliphatic heterocycles. The monoisotopic (exact) mass is 465 g/mol. The van der Waals surface area contributed by atoms with Crippen LogP contribution in [-0.2, 0) is 14.3 Å². The molecule has 0 aromatic heterocycles. The second kappa shape index (κ2) is 12.3. The number of anilines is 2. The van der Waals surface area contributed by atoms with Crippen molar-refractivity contribution in [2.75, 3.05) is 30.3 Å². The standard InChI is InChI=1S/C27H35N3O4/c1-4-5-16-34-27(33)21-10-7-11-22(17-21)28-24(31)14-15-30(23-12-13-23)18-25(32)29-26-19(2)8-6-9-20(26)3/h6-11,17,23H,4-5,12-16,18H2,1-3H3,(H,28,31)(H,29,32). The Morgan fingerprint density at radius 3 is 2.38 bits per heavy atom. The summed E-state index contributed by atoms with van der Waals surface area (Å²) in [4.78, 5) is 39.5. The van der Waals surface area contributed by atoms with E-state index in [1.807, 2.05) is 39.0 Å². The van der Waals surface area contributed by atoms with Crippen LogP contribution in [0.1, 0.15) is 60.5 Å². The van der Waals surface area contributed by atoms with Crippen LogP contribution in [-0.4, -0.2) is 48.4 Å². The maximum atomic E-state index is 12.7. The molecule has 2 aromatic rings. The van der Waals surface area contributed by atoms with Gasteiger partial charge in [-0.25, -0.2) is 4.79 Å². The van der Waals surface area contributed by atoms with Crippen LogP contribution in [0.3, 0.4) is 0 Å². The number of ether oxygens (including phenoxy) is 1. The number of carbonyl (C=O) groups excluding carboxylic acids is 3. The molecule has 34 heavy (non-hydrogen) atoms. The molecule has 182 valence electrons. The van der Waals surface area contributed by atoms with Crippen molar-refractivity contribution in [3.8, 4) is 0 Å². The summed E-state index contributed by atoms with van der Waals surface area (Å²) in [6.07, 6.45) is 4.12. The molecule has 0 atom stereocenters. The van der Waals surface area contributed by atoms with Gasteiger partial charge in [-0.3, -0.25) is 14.5 Å². The number of nitrogens with one attached hydrogen (secondary N) is 2. The van der Waals surface area contributed by atoms with Gasteiger partial charge in [-0.15, -0.1) is 0 Å². The number of carbonyl (C=O) groups is 3. The third-order valence-corrected chi connectivity index (χ3v) is 5.89. The molecule has 0 heterocycles. The van der Waals surface area contributed by atoms with Crippen molar-refractivity contribution in [1.29, 1.82) is 0 Å². The van der Waals surface area contributed by atoms with Gasteiger partial charge in [0.05, 0.1) is 18.7 Å². The molecule has 0 saturated heterocycles. The maximum Gasteiger partial charge on any atom is 0.338 e. The van der Waals surface area contributed by atoms with E-state index in [4.69, 9.17) is 4.74 Å². The molecule has 1 aliphatic rings. The Labute approximate surface area is 201 Å². The van der Waals surface area contributed by atoms with Crippen molar-refractivity contribution >= 4 is 29.2 Å². The van der Waals surface area contributed by atoms with Gasteiger partial charge in [0, 0.05) is 30.4 Å². The third-order valence-electron chi connectivity index (χ3n) is 5.89. The van der Waals surface area contributed by atoms with E-state index in [0.717, 1.165) is 42.5 Å². The van der Waals surface area contributed by atoms with E-state index in [1.165, 1.54) is 0 Å². The van der Waals surface area contributed by atoms with E-state index in [2.05, 4.69) is 15.5 Å². The zero-order chi connectivity index (χ0) is 24.5. The minimum absolute atomic E-state index is 0.0704. The number of nitrogens with zero attached hydrogens (tertiary/aromatic N) is 1. The highest BCUT2D eigenvalue weighted by atomic mass is 16.5. The molecule has 1 saturated carbocycles. The number of unbranched alkanes of at least 4 members (excludes halogenated alkanes) is 1. The van der Waals surface area contributed by atoms with Gasteiger partial charge in [0.1, 0.15) is 0 Å². The molecular weight excluding hydrogens is 430 g/mol. The minimum Gasteiger partial charge on any atom is -0.462 e. The Kier molecular flexibility index (Phi) is 9.22. The highest BCUT2D eigenvalue weighted by Crippen LogP contribution is 2.27. The van der Waals surface area contributed by atoms with E-state index in [9.17, 15) is 14.4 Å². The number of para-hydroxylation sites is 1. The van der Waals surface area contributed by atoms with Gasteiger partial charge in [-0.05, 0) is 62.4 Å². The van der Waals surface area contributed by atoms with Gasteiger partial charge in [0.25, 0.3) is 0 Å². The molecule has 2 N–H and O–H groups in total. The number of hydrogen-bond acceptors (Lipinski definition) is 5. The molecule has 1 fully saturated rings. The Balaban J connectivity index is 1.50. The van der Waals surface area contributed by atoms with E-state index >= 15 is 0 Å². The van der Waals surface area contributed by atoms with Crippen LogP contribution in [0.4, 0.5) is 11.4 Å². The topological polar surface area (TPSA) is 87.7 Å². The SMILES string of the molecule is CCCCOC(=O)c1cccc(NC(=O)CCN(CC(=O)Nc2c(C)cccc2C)C2CC2)c1. The van der Waals surface area contributed by atoms with Crippen LogP contribution in [0.5, 0.6) is 0 Å². The first-order valence-electron chi connectivity index (χ1n) is 12.0. The van der Waals surface area contributed by atoms with Crippen molar-refractivity contribution in [2.45, 2.75) is 58.9 Å². The first-order valence-corrected chi connectivity index (χ1v) is 12.0. The predicted octanol–water partition coefficient (Wildman–Crippen LogP) is 4.69. The van der Waals surface area contributed by atoms with Gasteiger partial charge >= 0.3 is 5.97 Å². The van der Waals surface area contributed by atoms with Crippen LogP contribution in [0.15, 0.2) is 42.5 Å². The summed E-state index contributed by atoms with van der Waals surface area (Å²) < 4.78 is 5.24. The molecule has 7 nitrogen and oxygen atoms in total. The van der Waals surface area contributed by atoms with Crippen LogP contribution < -0.4 is 10.6 Å². The van der Waals surface area contributed by atoms with Gasteiger partial charge in [0.15, 0.2) is 0 Å². The zero-order valence-corrected chi connectivity index (χ0v) is 20.4. The zero-order valence-electron chi connectivity index (χ0n) is 20.4. The lowest BCUT2D eigenvalue weighted by molar-refractivity contribution is -0.119. The largest absolute Gasteiger partial charge is 0.462 e. The third kappa shape index (κ3) is 7.70. The fourth-order valence-corrected chi connectivity index (χ4v) is 3.79. The molecule has 0 bridgehead atoms. The fraction of sp³-hybridized carbons (Fsp3) is 0.444. The molecule has 1 aliphatic carbocycles. The number of benzene rings is 2. The van der Waals surface area contributed by atoms with Crippen molar-refractivity contribution < 1.29 is 19.1 Å². The van der Waals surface area contributed by atoms with E-state index < -0.39 is 0 Å². The van der Waals surface area contributed by atoms with Crippen molar-refractivity contribution in [3.05, 3.63) is 59.2 Å². The summed E-state index contributed by atoms with van der Waals surface area (Å²) in [5.74, 6) is -0.615. The van der Waals surface area contributed by atoms with Crippen LogP contribution in [0.25, 0.3) is 0 Å². The number of hydrogen-bond donors (Lipinski definition) is 2.